The fourth-order valence-electron chi connectivity index (χ4n) is 1.42. The first-order valence-electron chi connectivity index (χ1n) is 5.97. The quantitative estimate of drug-likeness (QED) is 0.726. The molecule has 0 amide bonds. The number of halogens is 3. The van der Waals surface area contributed by atoms with Gasteiger partial charge < -0.3 is 10.1 Å². The minimum absolute atomic E-state index is 0.248. The summed E-state index contributed by atoms with van der Waals surface area (Å²) in [6.07, 6.45) is -4.28. The molecule has 0 saturated carbocycles. The standard InChI is InChI=1S/C13H18F3NO/c14-13(15,16)7-10-18-9-4-8-17-11-12-5-2-1-3-6-12/h1-3,5-6,17H,4,7-11H2. The number of benzene rings is 1. The SMILES string of the molecule is FC(F)(F)CCOCCCNCc1ccccc1. The predicted molar refractivity (Wildman–Crippen MR) is 64.3 cm³/mol. The zero-order valence-corrected chi connectivity index (χ0v) is 10.2. The lowest BCUT2D eigenvalue weighted by atomic mass is 10.2. The minimum atomic E-state index is -4.12. The third kappa shape index (κ3) is 8.08. The number of hydrogen-bond donors (Lipinski definition) is 1. The highest BCUT2D eigenvalue weighted by Crippen LogP contribution is 2.18. The Hall–Kier alpha value is -1.07. The van der Waals surface area contributed by atoms with E-state index in [1.165, 1.54) is 5.56 Å². The summed E-state index contributed by atoms with van der Waals surface area (Å²) >= 11 is 0. The van der Waals surface area contributed by atoms with Gasteiger partial charge in [0.25, 0.3) is 0 Å². The van der Waals surface area contributed by atoms with Crippen molar-refractivity contribution in [2.75, 3.05) is 19.8 Å². The highest BCUT2D eigenvalue weighted by Gasteiger charge is 2.26. The number of alkyl halides is 3. The Morgan fingerprint density at radius 3 is 2.44 bits per heavy atom. The van der Waals surface area contributed by atoms with E-state index in [1.54, 1.807) is 0 Å². The molecule has 1 rings (SSSR count). The van der Waals surface area contributed by atoms with Crippen LogP contribution < -0.4 is 5.32 Å². The molecule has 0 unspecified atom stereocenters. The molecule has 1 N–H and O–H groups in total. The van der Waals surface area contributed by atoms with Crippen LogP contribution in [0.15, 0.2) is 30.3 Å². The Balaban J connectivity index is 1.90. The normalized spacial score (nSPS) is 11.7. The maximum Gasteiger partial charge on any atom is 0.391 e. The molecule has 0 heterocycles. The van der Waals surface area contributed by atoms with Crippen molar-refractivity contribution in [3.8, 4) is 0 Å². The average molecular weight is 261 g/mol. The second-order valence-corrected chi connectivity index (χ2v) is 3.99. The van der Waals surface area contributed by atoms with Gasteiger partial charge in [0.2, 0.25) is 0 Å². The largest absolute Gasteiger partial charge is 0.391 e. The van der Waals surface area contributed by atoms with E-state index in [-0.39, 0.29) is 6.61 Å². The summed E-state index contributed by atoms with van der Waals surface area (Å²) in [5.74, 6) is 0. The Kier molecular flexibility index (Phi) is 6.75. The molecule has 0 fully saturated rings. The third-order valence-electron chi connectivity index (χ3n) is 2.34. The Bertz CT molecular complexity index is 314. The molecule has 0 aliphatic carbocycles. The molecule has 0 saturated heterocycles. The van der Waals surface area contributed by atoms with E-state index in [2.05, 4.69) is 5.32 Å². The topological polar surface area (TPSA) is 21.3 Å². The summed E-state index contributed by atoms with van der Waals surface area (Å²) in [6, 6.07) is 9.94. The molecule has 18 heavy (non-hydrogen) atoms. The zero-order valence-electron chi connectivity index (χ0n) is 10.2. The van der Waals surface area contributed by atoms with Crippen LogP contribution in [0.25, 0.3) is 0 Å². The van der Waals surface area contributed by atoms with Crippen molar-refractivity contribution in [1.29, 1.82) is 0 Å². The lowest BCUT2D eigenvalue weighted by molar-refractivity contribution is -0.145. The molecule has 0 aliphatic rings. The number of hydrogen-bond acceptors (Lipinski definition) is 2. The van der Waals surface area contributed by atoms with Crippen LogP contribution in [-0.4, -0.2) is 25.9 Å². The van der Waals surface area contributed by atoms with Crippen molar-refractivity contribution >= 4 is 0 Å². The van der Waals surface area contributed by atoms with Crippen LogP contribution in [-0.2, 0) is 11.3 Å². The first kappa shape index (κ1) is 15.0. The van der Waals surface area contributed by atoms with Crippen LogP contribution in [0.2, 0.25) is 0 Å². The van der Waals surface area contributed by atoms with Crippen molar-refractivity contribution in [2.45, 2.75) is 25.6 Å². The van der Waals surface area contributed by atoms with Gasteiger partial charge >= 0.3 is 6.18 Å². The van der Waals surface area contributed by atoms with Crippen molar-refractivity contribution in [1.82, 2.24) is 5.32 Å². The van der Waals surface area contributed by atoms with Crippen LogP contribution in [0.4, 0.5) is 13.2 Å². The third-order valence-corrected chi connectivity index (χ3v) is 2.34. The van der Waals surface area contributed by atoms with Gasteiger partial charge in [0.15, 0.2) is 0 Å². The van der Waals surface area contributed by atoms with Crippen molar-refractivity contribution in [2.24, 2.45) is 0 Å². The van der Waals surface area contributed by atoms with Crippen molar-refractivity contribution < 1.29 is 17.9 Å². The van der Waals surface area contributed by atoms with Gasteiger partial charge in [-0.05, 0) is 18.5 Å². The maximum absolute atomic E-state index is 11.8. The van der Waals surface area contributed by atoms with E-state index in [0.717, 1.165) is 13.1 Å². The van der Waals surface area contributed by atoms with E-state index < -0.39 is 12.6 Å². The monoisotopic (exact) mass is 261 g/mol. The highest BCUT2D eigenvalue weighted by atomic mass is 19.4. The van der Waals surface area contributed by atoms with Gasteiger partial charge in [-0.2, -0.15) is 13.2 Å². The predicted octanol–water partition coefficient (Wildman–Crippen LogP) is 3.14. The molecule has 0 bridgehead atoms. The fourth-order valence-corrected chi connectivity index (χ4v) is 1.42. The molecule has 0 atom stereocenters. The molecular formula is C13H18F3NO. The lowest BCUT2D eigenvalue weighted by Crippen LogP contribution is -2.17. The van der Waals surface area contributed by atoms with E-state index in [4.69, 9.17) is 4.74 Å². The average Bonchev–Trinajstić information content (AvgIpc) is 2.32. The van der Waals surface area contributed by atoms with Gasteiger partial charge in [-0.25, -0.2) is 0 Å². The van der Waals surface area contributed by atoms with Crippen LogP contribution >= 0.6 is 0 Å². The van der Waals surface area contributed by atoms with Gasteiger partial charge in [-0.1, -0.05) is 30.3 Å². The summed E-state index contributed by atoms with van der Waals surface area (Å²) in [4.78, 5) is 0. The van der Waals surface area contributed by atoms with Gasteiger partial charge in [0.1, 0.15) is 0 Å². The number of ether oxygens (including phenoxy) is 1. The summed E-state index contributed by atoms with van der Waals surface area (Å²) < 4.78 is 40.2. The van der Waals surface area contributed by atoms with Crippen LogP contribution in [0.3, 0.4) is 0 Å². The molecule has 0 spiro atoms. The highest BCUT2D eigenvalue weighted by molar-refractivity contribution is 5.14. The van der Waals surface area contributed by atoms with Gasteiger partial charge in [0, 0.05) is 13.2 Å². The van der Waals surface area contributed by atoms with Gasteiger partial charge in [0.05, 0.1) is 13.0 Å². The van der Waals surface area contributed by atoms with Crippen molar-refractivity contribution in [3.63, 3.8) is 0 Å². The minimum Gasteiger partial charge on any atom is -0.381 e. The van der Waals surface area contributed by atoms with Crippen LogP contribution in [0.1, 0.15) is 18.4 Å². The van der Waals surface area contributed by atoms with Crippen LogP contribution in [0.5, 0.6) is 0 Å². The Labute approximate surface area is 105 Å². The van der Waals surface area contributed by atoms with Crippen LogP contribution in [0, 0.1) is 0 Å². The molecule has 5 heteroatoms. The van der Waals surface area contributed by atoms with E-state index in [0.29, 0.717) is 13.0 Å². The first-order valence-corrected chi connectivity index (χ1v) is 5.97. The van der Waals surface area contributed by atoms with E-state index in [9.17, 15) is 13.2 Å². The number of rotatable bonds is 8. The van der Waals surface area contributed by atoms with Gasteiger partial charge in [-0.15, -0.1) is 0 Å². The summed E-state index contributed by atoms with van der Waals surface area (Å²) in [5.41, 5.74) is 1.19. The molecule has 102 valence electrons. The zero-order chi connectivity index (χ0) is 13.3. The van der Waals surface area contributed by atoms with E-state index >= 15 is 0 Å². The second kappa shape index (κ2) is 8.11. The molecule has 0 radical (unpaired) electrons. The molecule has 2 nitrogen and oxygen atoms in total. The first-order chi connectivity index (χ1) is 8.58. The molecule has 0 aliphatic heterocycles. The Morgan fingerprint density at radius 1 is 1.06 bits per heavy atom. The molecule has 1 aromatic carbocycles. The molecule has 1 aromatic rings. The van der Waals surface area contributed by atoms with Crippen molar-refractivity contribution in [3.05, 3.63) is 35.9 Å². The Morgan fingerprint density at radius 2 is 1.78 bits per heavy atom. The fraction of sp³-hybridized carbons (Fsp3) is 0.538. The summed E-state index contributed by atoms with van der Waals surface area (Å²) in [7, 11) is 0. The van der Waals surface area contributed by atoms with Gasteiger partial charge in [-0.3, -0.25) is 0 Å². The maximum atomic E-state index is 11.8. The molecule has 0 aromatic heterocycles. The summed E-state index contributed by atoms with van der Waals surface area (Å²) in [6.45, 7) is 1.62. The second-order valence-electron chi connectivity index (χ2n) is 3.99. The summed E-state index contributed by atoms with van der Waals surface area (Å²) in [5, 5.41) is 3.21. The lowest BCUT2D eigenvalue weighted by Gasteiger charge is -2.08. The molecular weight excluding hydrogens is 243 g/mol. The smallest absolute Gasteiger partial charge is 0.381 e. The number of nitrogens with one attached hydrogen (secondary N) is 1. The van der Waals surface area contributed by atoms with E-state index in [1.807, 2.05) is 30.3 Å².